The van der Waals surface area contributed by atoms with Crippen LogP contribution in [0.5, 0.6) is 0 Å². The number of carbonyl (C=O) groups excluding carboxylic acids is 1. The van der Waals surface area contributed by atoms with Gasteiger partial charge in [-0.2, -0.15) is 0 Å². The van der Waals surface area contributed by atoms with Crippen molar-refractivity contribution in [3.63, 3.8) is 0 Å². The Balaban J connectivity index is 1.99. The normalized spacial score (nSPS) is 20.9. The number of carboxylic acids is 1. The van der Waals surface area contributed by atoms with Gasteiger partial charge in [0.2, 0.25) is 0 Å². The first kappa shape index (κ1) is 14.8. The van der Waals surface area contributed by atoms with Crippen LogP contribution in [0.3, 0.4) is 0 Å². The Labute approximate surface area is 124 Å². The van der Waals surface area contributed by atoms with Crippen LogP contribution in [0.25, 0.3) is 0 Å². The number of halogens is 1. The Hall–Kier alpha value is -1.60. The fourth-order valence-electron chi connectivity index (χ4n) is 2.04. The molecule has 1 fully saturated rings. The lowest BCUT2D eigenvalue weighted by molar-refractivity contribution is 0.0210. The Bertz CT molecular complexity index is 529. The monoisotopic (exact) mass is 342 g/mol. The summed E-state index contributed by atoms with van der Waals surface area (Å²) in [6.07, 6.45) is 1.73. The van der Waals surface area contributed by atoms with Crippen molar-refractivity contribution in [2.45, 2.75) is 25.0 Å². The van der Waals surface area contributed by atoms with Crippen LogP contribution in [-0.2, 0) is 4.74 Å². The average molecular weight is 343 g/mol. The Kier molecular flexibility index (Phi) is 4.61. The predicted molar refractivity (Wildman–Crippen MR) is 77.1 cm³/mol. The summed E-state index contributed by atoms with van der Waals surface area (Å²) in [7, 11) is 1.64. The van der Waals surface area contributed by atoms with Gasteiger partial charge < -0.3 is 20.5 Å². The first-order chi connectivity index (χ1) is 9.51. The minimum atomic E-state index is -1.09. The summed E-state index contributed by atoms with van der Waals surface area (Å²) in [4.78, 5) is 23.0. The summed E-state index contributed by atoms with van der Waals surface area (Å²) in [5.41, 5.74) is 0.290. The molecule has 0 aliphatic heterocycles. The molecule has 6 nitrogen and oxygen atoms in total. The second-order valence-electron chi connectivity index (χ2n) is 4.59. The van der Waals surface area contributed by atoms with E-state index in [2.05, 4.69) is 26.6 Å². The zero-order valence-corrected chi connectivity index (χ0v) is 12.4. The molecule has 0 atom stereocenters. The van der Waals surface area contributed by atoms with Crippen molar-refractivity contribution < 1.29 is 19.4 Å². The van der Waals surface area contributed by atoms with Crippen LogP contribution in [0.15, 0.2) is 22.7 Å². The minimum Gasteiger partial charge on any atom is -0.478 e. The van der Waals surface area contributed by atoms with Gasteiger partial charge in [0, 0.05) is 17.6 Å². The zero-order chi connectivity index (χ0) is 14.7. The van der Waals surface area contributed by atoms with Gasteiger partial charge >= 0.3 is 12.0 Å². The summed E-state index contributed by atoms with van der Waals surface area (Å²) >= 11 is 3.24. The fraction of sp³-hybridized carbons (Fsp3) is 0.385. The van der Waals surface area contributed by atoms with Crippen LogP contribution in [-0.4, -0.2) is 36.4 Å². The third-order valence-electron chi connectivity index (χ3n) is 3.25. The number of hydrogen-bond donors (Lipinski definition) is 3. The van der Waals surface area contributed by atoms with Crippen LogP contribution in [0.2, 0.25) is 0 Å². The number of anilines is 1. The number of amides is 2. The van der Waals surface area contributed by atoms with Crippen LogP contribution >= 0.6 is 15.9 Å². The molecule has 1 aromatic carbocycles. The second kappa shape index (κ2) is 6.23. The van der Waals surface area contributed by atoms with E-state index in [-0.39, 0.29) is 23.4 Å². The van der Waals surface area contributed by atoms with E-state index in [0.29, 0.717) is 4.47 Å². The molecular weight excluding hydrogens is 328 g/mol. The van der Waals surface area contributed by atoms with Crippen molar-refractivity contribution in [1.82, 2.24) is 5.32 Å². The van der Waals surface area contributed by atoms with Gasteiger partial charge in [-0.15, -0.1) is 0 Å². The molecule has 2 rings (SSSR count). The molecule has 1 saturated carbocycles. The predicted octanol–water partition coefficient (Wildman–Crippen LogP) is 2.45. The maximum atomic E-state index is 11.9. The molecule has 1 aliphatic carbocycles. The van der Waals surface area contributed by atoms with E-state index in [4.69, 9.17) is 9.84 Å². The number of benzene rings is 1. The van der Waals surface area contributed by atoms with E-state index in [1.807, 2.05) is 0 Å². The maximum Gasteiger partial charge on any atom is 0.337 e. The average Bonchev–Trinajstić information content (AvgIpc) is 2.35. The number of ether oxygens (including phenoxy) is 1. The number of rotatable bonds is 4. The number of aromatic carboxylic acids is 1. The Morgan fingerprint density at radius 2 is 2.10 bits per heavy atom. The van der Waals surface area contributed by atoms with E-state index >= 15 is 0 Å². The number of methoxy groups -OCH3 is 1. The van der Waals surface area contributed by atoms with E-state index in [9.17, 15) is 9.59 Å². The largest absolute Gasteiger partial charge is 0.478 e. The molecule has 20 heavy (non-hydrogen) atoms. The topological polar surface area (TPSA) is 87.7 Å². The molecule has 1 aliphatic rings. The molecule has 0 radical (unpaired) electrons. The lowest BCUT2D eigenvalue weighted by atomic mass is 9.89. The minimum absolute atomic E-state index is 0.0397. The van der Waals surface area contributed by atoms with Gasteiger partial charge in [0.1, 0.15) is 0 Å². The van der Waals surface area contributed by atoms with Crippen LogP contribution < -0.4 is 10.6 Å². The molecule has 3 N–H and O–H groups in total. The maximum absolute atomic E-state index is 11.9. The van der Waals surface area contributed by atoms with Gasteiger partial charge in [0.15, 0.2) is 0 Å². The van der Waals surface area contributed by atoms with Crippen molar-refractivity contribution in [1.29, 1.82) is 0 Å². The summed E-state index contributed by atoms with van der Waals surface area (Å²) < 4.78 is 5.65. The van der Waals surface area contributed by atoms with Gasteiger partial charge in [0.05, 0.1) is 17.4 Å². The fourth-order valence-corrected chi connectivity index (χ4v) is 2.51. The molecule has 0 heterocycles. The van der Waals surface area contributed by atoms with Gasteiger partial charge in [-0.05, 0) is 40.9 Å². The van der Waals surface area contributed by atoms with E-state index in [0.717, 1.165) is 12.8 Å². The first-order valence-electron chi connectivity index (χ1n) is 6.13. The second-order valence-corrected chi connectivity index (χ2v) is 5.45. The summed E-state index contributed by atoms with van der Waals surface area (Å²) in [6, 6.07) is 4.36. The van der Waals surface area contributed by atoms with Gasteiger partial charge in [-0.3, -0.25) is 0 Å². The third-order valence-corrected chi connectivity index (χ3v) is 3.91. The van der Waals surface area contributed by atoms with Gasteiger partial charge in [-0.1, -0.05) is 6.07 Å². The SMILES string of the molecule is COC1CC(NC(=O)Nc2c(Br)cccc2C(=O)O)C1. The van der Waals surface area contributed by atoms with Crippen molar-refractivity contribution >= 4 is 33.6 Å². The molecule has 108 valence electrons. The summed E-state index contributed by atoms with van der Waals surface area (Å²) in [5, 5.41) is 14.5. The molecule has 0 saturated heterocycles. The smallest absolute Gasteiger partial charge is 0.337 e. The van der Waals surface area contributed by atoms with Crippen LogP contribution in [0.4, 0.5) is 10.5 Å². The molecule has 0 aromatic heterocycles. The standard InChI is InChI=1S/C13H15BrN2O4/c1-20-8-5-7(6-8)15-13(19)16-11-9(12(17)18)3-2-4-10(11)14/h2-4,7-8H,5-6H2,1H3,(H,17,18)(H2,15,16,19). The van der Waals surface area contributed by atoms with Crippen molar-refractivity contribution in [2.75, 3.05) is 12.4 Å². The number of para-hydroxylation sites is 1. The molecule has 1 aromatic rings. The van der Waals surface area contributed by atoms with Crippen molar-refractivity contribution in [2.24, 2.45) is 0 Å². The molecule has 0 bridgehead atoms. The first-order valence-corrected chi connectivity index (χ1v) is 6.92. The lowest BCUT2D eigenvalue weighted by Gasteiger charge is -2.34. The number of carbonyl (C=O) groups is 2. The summed E-state index contributed by atoms with van der Waals surface area (Å²) in [5.74, 6) is -1.09. The van der Waals surface area contributed by atoms with E-state index in [1.165, 1.54) is 6.07 Å². The number of nitrogens with one attached hydrogen (secondary N) is 2. The number of urea groups is 1. The lowest BCUT2D eigenvalue weighted by Crippen LogP contribution is -2.48. The Morgan fingerprint density at radius 1 is 1.40 bits per heavy atom. The highest BCUT2D eigenvalue weighted by molar-refractivity contribution is 9.10. The van der Waals surface area contributed by atoms with E-state index < -0.39 is 12.0 Å². The molecular formula is C13H15BrN2O4. The van der Waals surface area contributed by atoms with Crippen LogP contribution in [0, 0.1) is 0 Å². The number of hydrogen-bond acceptors (Lipinski definition) is 3. The van der Waals surface area contributed by atoms with Crippen LogP contribution in [0.1, 0.15) is 23.2 Å². The third kappa shape index (κ3) is 3.29. The molecule has 0 unspecified atom stereocenters. The van der Waals surface area contributed by atoms with Gasteiger partial charge in [0.25, 0.3) is 0 Å². The van der Waals surface area contributed by atoms with Crippen molar-refractivity contribution in [3.05, 3.63) is 28.2 Å². The highest BCUT2D eigenvalue weighted by Crippen LogP contribution is 2.27. The Morgan fingerprint density at radius 3 is 2.70 bits per heavy atom. The highest BCUT2D eigenvalue weighted by Gasteiger charge is 2.30. The quantitative estimate of drug-likeness (QED) is 0.784. The number of carboxylic acid groups (broad SMARTS) is 1. The molecule has 0 spiro atoms. The molecule has 2 amide bonds. The van der Waals surface area contributed by atoms with Gasteiger partial charge in [-0.25, -0.2) is 9.59 Å². The molecule has 7 heteroatoms. The van der Waals surface area contributed by atoms with E-state index in [1.54, 1.807) is 19.2 Å². The van der Waals surface area contributed by atoms with Crippen molar-refractivity contribution in [3.8, 4) is 0 Å². The summed E-state index contributed by atoms with van der Waals surface area (Å²) in [6.45, 7) is 0. The highest BCUT2D eigenvalue weighted by atomic mass is 79.9. The zero-order valence-electron chi connectivity index (χ0n) is 10.9.